The molecule has 1 fully saturated rings. The standard InChI is InChI=1S/C15H22N10/c1-2-3-6-24-15(18-20-21-24)11-22-7-9-23(10-8-22)14-5-4-13-17-16-12-25(13)19-14/h4-5,12H,2-3,6-11H2,1H3. The van der Waals surface area contributed by atoms with Crippen LogP contribution >= 0.6 is 0 Å². The van der Waals surface area contributed by atoms with Crippen LogP contribution in [0.2, 0.25) is 0 Å². The highest BCUT2D eigenvalue weighted by Crippen LogP contribution is 2.15. The second kappa shape index (κ2) is 7.09. The Labute approximate surface area is 145 Å². The lowest BCUT2D eigenvalue weighted by Gasteiger charge is -2.34. The van der Waals surface area contributed by atoms with E-state index in [9.17, 15) is 0 Å². The highest BCUT2D eigenvalue weighted by Gasteiger charge is 2.20. The van der Waals surface area contributed by atoms with Crippen LogP contribution in [-0.2, 0) is 13.1 Å². The molecule has 4 rings (SSSR count). The molecule has 132 valence electrons. The Kier molecular flexibility index (Phi) is 4.51. The molecule has 0 unspecified atom stereocenters. The fraction of sp³-hybridized carbons (Fsp3) is 0.600. The van der Waals surface area contributed by atoms with E-state index >= 15 is 0 Å². The van der Waals surface area contributed by atoms with Gasteiger partial charge in [0, 0.05) is 32.7 Å². The first kappa shape index (κ1) is 15.9. The molecule has 0 radical (unpaired) electrons. The molecule has 10 nitrogen and oxygen atoms in total. The van der Waals surface area contributed by atoms with Crippen molar-refractivity contribution < 1.29 is 0 Å². The van der Waals surface area contributed by atoms with Crippen molar-refractivity contribution in [2.24, 2.45) is 0 Å². The number of piperazine rings is 1. The summed E-state index contributed by atoms with van der Waals surface area (Å²) in [6, 6.07) is 3.95. The second-order valence-electron chi connectivity index (χ2n) is 6.26. The van der Waals surface area contributed by atoms with E-state index in [0.717, 1.165) is 69.4 Å². The average molecular weight is 342 g/mol. The summed E-state index contributed by atoms with van der Waals surface area (Å²) in [6.45, 7) is 7.64. The van der Waals surface area contributed by atoms with E-state index in [4.69, 9.17) is 0 Å². The molecule has 1 saturated heterocycles. The SMILES string of the molecule is CCCCn1nnnc1CN1CCN(c2ccc3nncn3n2)CC1. The van der Waals surface area contributed by atoms with Crippen LogP contribution in [0, 0.1) is 0 Å². The van der Waals surface area contributed by atoms with Gasteiger partial charge in [-0.1, -0.05) is 13.3 Å². The predicted octanol–water partition coefficient (Wildman–Crippen LogP) is 0.233. The summed E-state index contributed by atoms with van der Waals surface area (Å²) < 4.78 is 3.64. The summed E-state index contributed by atoms with van der Waals surface area (Å²) in [5.41, 5.74) is 0.765. The summed E-state index contributed by atoms with van der Waals surface area (Å²) >= 11 is 0. The van der Waals surface area contributed by atoms with Gasteiger partial charge in [0.25, 0.3) is 0 Å². The van der Waals surface area contributed by atoms with Gasteiger partial charge >= 0.3 is 0 Å². The van der Waals surface area contributed by atoms with Gasteiger partial charge in [0.05, 0.1) is 6.54 Å². The van der Waals surface area contributed by atoms with E-state index in [1.807, 2.05) is 16.8 Å². The Morgan fingerprint density at radius 3 is 2.80 bits per heavy atom. The maximum absolute atomic E-state index is 4.57. The maximum atomic E-state index is 4.57. The zero-order valence-electron chi connectivity index (χ0n) is 14.4. The number of fused-ring (bicyclic) bond motifs is 1. The van der Waals surface area contributed by atoms with Gasteiger partial charge in [-0.15, -0.1) is 20.4 Å². The van der Waals surface area contributed by atoms with E-state index in [-0.39, 0.29) is 0 Å². The van der Waals surface area contributed by atoms with Crippen LogP contribution in [0.25, 0.3) is 5.65 Å². The Morgan fingerprint density at radius 2 is 1.96 bits per heavy atom. The van der Waals surface area contributed by atoms with Crippen molar-refractivity contribution in [2.75, 3.05) is 31.1 Å². The molecule has 0 atom stereocenters. The molecule has 1 aliphatic rings. The van der Waals surface area contributed by atoms with Crippen LogP contribution in [0.1, 0.15) is 25.6 Å². The van der Waals surface area contributed by atoms with Crippen molar-refractivity contribution in [3.63, 3.8) is 0 Å². The smallest absolute Gasteiger partial charge is 0.177 e. The average Bonchev–Trinajstić information content (AvgIpc) is 3.29. The van der Waals surface area contributed by atoms with Crippen molar-refractivity contribution in [3.05, 3.63) is 24.3 Å². The normalized spacial score (nSPS) is 16.0. The molecule has 0 saturated carbocycles. The van der Waals surface area contributed by atoms with Crippen molar-refractivity contribution in [3.8, 4) is 0 Å². The number of anilines is 1. The van der Waals surface area contributed by atoms with Gasteiger partial charge in [-0.05, 0) is 29.0 Å². The van der Waals surface area contributed by atoms with E-state index in [2.05, 4.69) is 47.5 Å². The maximum Gasteiger partial charge on any atom is 0.177 e. The van der Waals surface area contributed by atoms with Crippen LogP contribution < -0.4 is 4.90 Å². The molecule has 0 N–H and O–H groups in total. The van der Waals surface area contributed by atoms with E-state index in [0.29, 0.717) is 0 Å². The van der Waals surface area contributed by atoms with E-state index < -0.39 is 0 Å². The Hall–Kier alpha value is -2.62. The van der Waals surface area contributed by atoms with Gasteiger partial charge in [-0.3, -0.25) is 4.90 Å². The van der Waals surface area contributed by atoms with Crippen molar-refractivity contribution in [1.82, 2.24) is 44.9 Å². The van der Waals surface area contributed by atoms with Crippen LogP contribution in [0.15, 0.2) is 18.5 Å². The number of unbranched alkanes of at least 4 members (excludes halogenated alkanes) is 1. The van der Waals surface area contributed by atoms with Crippen LogP contribution in [0.3, 0.4) is 0 Å². The minimum absolute atomic E-state index is 0.765. The summed E-state index contributed by atoms with van der Waals surface area (Å²) in [5, 5.41) is 24.5. The zero-order chi connectivity index (χ0) is 17.1. The first-order chi connectivity index (χ1) is 12.3. The van der Waals surface area contributed by atoms with Gasteiger partial charge in [0.2, 0.25) is 0 Å². The third kappa shape index (κ3) is 3.43. The largest absolute Gasteiger partial charge is 0.353 e. The third-order valence-corrected chi connectivity index (χ3v) is 4.54. The fourth-order valence-electron chi connectivity index (χ4n) is 3.04. The Morgan fingerprint density at radius 1 is 1.08 bits per heavy atom. The van der Waals surface area contributed by atoms with Gasteiger partial charge in [-0.2, -0.15) is 4.52 Å². The summed E-state index contributed by atoms with van der Waals surface area (Å²) in [4.78, 5) is 4.68. The molecule has 4 heterocycles. The van der Waals surface area contributed by atoms with Gasteiger partial charge in [0.15, 0.2) is 11.5 Å². The van der Waals surface area contributed by atoms with Gasteiger partial charge in [-0.25, -0.2) is 4.68 Å². The molecule has 3 aromatic rings. The van der Waals surface area contributed by atoms with Crippen molar-refractivity contribution >= 4 is 11.5 Å². The van der Waals surface area contributed by atoms with Crippen molar-refractivity contribution in [2.45, 2.75) is 32.9 Å². The number of tetrazole rings is 1. The lowest BCUT2D eigenvalue weighted by molar-refractivity contribution is 0.238. The molecule has 3 aromatic heterocycles. The van der Waals surface area contributed by atoms with Gasteiger partial charge in [0.1, 0.15) is 12.1 Å². The van der Waals surface area contributed by atoms with Crippen LogP contribution in [-0.4, -0.2) is 71.1 Å². The molecule has 0 aromatic carbocycles. The first-order valence-corrected chi connectivity index (χ1v) is 8.73. The lowest BCUT2D eigenvalue weighted by atomic mass is 10.3. The zero-order valence-corrected chi connectivity index (χ0v) is 14.4. The summed E-state index contributed by atoms with van der Waals surface area (Å²) in [7, 11) is 0. The molecule has 0 aliphatic carbocycles. The molecule has 0 spiro atoms. The molecule has 1 aliphatic heterocycles. The quantitative estimate of drug-likeness (QED) is 0.629. The highest BCUT2D eigenvalue weighted by molar-refractivity contribution is 5.45. The van der Waals surface area contributed by atoms with Crippen LogP contribution in [0.5, 0.6) is 0 Å². The molecule has 10 heteroatoms. The first-order valence-electron chi connectivity index (χ1n) is 8.73. The Balaban J connectivity index is 1.36. The predicted molar refractivity (Wildman–Crippen MR) is 91.0 cm³/mol. The second-order valence-corrected chi connectivity index (χ2v) is 6.26. The highest BCUT2D eigenvalue weighted by atomic mass is 15.5. The molecule has 0 bridgehead atoms. The molecule has 25 heavy (non-hydrogen) atoms. The minimum atomic E-state index is 0.765. The number of hydrogen-bond donors (Lipinski definition) is 0. The van der Waals surface area contributed by atoms with Crippen molar-refractivity contribution in [1.29, 1.82) is 0 Å². The summed E-state index contributed by atoms with van der Waals surface area (Å²) in [5.74, 6) is 1.91. The molecular weight excluding hydrogens is 320 g/mol. The van der Waals surface area contributed by atoms with Gasteiger partial charge < -0.3 is 4.90 Å². The van der Waals surface area contributed by atoms with E-state index in [1.54, 1.807) is 10.8 Å². The Bertz CT molecular complexity index is 816. The minimum Gasteiger partial charge on any atom is -0.353 e. The number of hydrogen-bond acceptors (Lipinski definition) is 8. The number of aromatic nitrogens is 8. The monoisotopic (exact) mass is 342 g/mol. The molecular formula is C15H22N10. The number of aryl methyl sites for hydroxylation is 1. The fourth-order valence-corrected chi connectivity index (χ4v) is 3.04. The lowest BCUT2D eigenvalue weighted by Crippen LogP contribution is -2.46. The third-order valence-electron chi connectivity index (χ3n) is 4.54. The topological polar surface area (TPSA) is 93.2 Å². The summed E-state index contributed by atoms with van der Waals surface area (Å²) in [6.07, 6.45) is 3.87. The molecule has 0 amide bonds. The number of rotatable bonds is 6. The number of nitrogens with zero attached hydrogens (tertiary/aromatic N) is 10. The van der Waals surface area contributed by atoms with E-state index in [1.165, 1.54) is 0 Å². The van der Waals surface area contributed by atoms with Crippen LogP contribution in [0.4, 0.5) is 5.82 Å².